The van der Waals surface area contributed by atoms with Crippen LogP contribution < -0.4 is 27.2 Å². The topological polar surface area (TPSA) is 122 Å². The van der Waals surface area contributed by atoms with E-state index >= 15 is 0 Å². The number of nitrogens with one attached hydrogen (secondary N) is 4. The fraction of sp³-hybridized carbons (Fsp3) is 0.421. The number of hydrogen-bond acceptors (Lipinski definition) is 9. The van der Waals surface area contributed by atoms with E-state index in [-0.39, 0.29) is 0 Å². The van der Waals surface area contributed by atoms with Crippen LogP contribution in [0.2, 0.25) is 0 Å². The SMILES string of the molecule is CNNc1ccc(CNc2nc(/C(C)=C/NC3CCOCC3)cnc2N)cn1. The molecule has 0 unspecified atom stereocenters. The summed E-state index contributed by atoms with van der Waals surface area (Å²) in [5, 5.41) is 6.69. The number of hydrazine groups is 1. The molecular formula is C19H28N8O. The van der Waals surface area contributed by atoms with Crippen molar-refractivity contribution in [2.75, 3.05) is 36.7 Å². The van der Waals surface area contributed by atoms with Crippen molar-refractivity contribution in [1.82, 2.24) is 25.7 Å². The van der Waals surface area contributed by atoms with Gasteiger partial charge in [-0.1, -0.05) is 6.07 Å². The van der Waals surface area contributed by atoms with E-state index in [0.717, 1.165) is 48.7 Å². The molecule has 0 atom stereocenters. The summed E-state index contributed by atoms with van der Waals surface area (Å²) in [6.45, 7) is 4.17. The zero-order valence-corrected chi connectivity index (χ0v) is 16.3. The Balaban J connectivity index is 1.61. The van der Waals surface area contributed by atoms with E-state index in [1.165, 1.54) is 0 Å². The Hall–Kier alpha value is -2.91. The average Bonchev–Trinajstić information content (AvgIpc) is 2.73. The van der Waals surface area contributed by atoms with E-state index in [4.69, 9.17) is 10.5 Å². The number of aromatic nitrogens is 3. The van der Waals surface area contributed by atoms with Crippen LogP contribution >= 0.6 is 0 Å². The highest BCUT2D eigenvalue weighted by atomic mass is 16.5. The molecule has 0 spiro atoms. The first-order valence-corrected chi connectivity index (χ1v) is 9.40. The van der Waals surface area contributed by atoms with Crippen LogP contribution in [0.25, 0.3) is 5.57 Å². The fourth-order valence-electron chi connectivity index (χ4n) is 2.82. The Morgan fingerprint density at radius 2 is 2.07 bits per heavy atom. The van der Waals surface area contributed by atoms with Gasteiger partial charge in [-0.05, 0) is 37.0 Å². The highest BCUT2D eigenvalue weighted by Gasteiger charge is 2.12. The summed E-state index contributed by atoms with van der Waals surface area (Å²) < 4.78 is 5.39. The van der Waals surface area contributed by atoms with Gasteiger partial charge in [0.15, 0.2) is 11.6 Å². The third kappa shape index (κ3) is 5.54. The van der Waals surface area contributed by atoms with Crippen molar-refractivity contribution in [3.05, 3.63) is 42.0 Å². The van der Waals surface area contributed by atoms with Gasteiger partial charge in [-0.2, -0.15) is 0 Å². The molecule has 3 rings (SSSR count). The van der Waals surface area contributed by atoms with Crippen LogP contribution in [0.4, 0.5) is 17.5 Å². The van der Waals surface area contributed by atoms with Crippen molar-refractivity contribution in [2.24, 2.45) is 0 Å². The summed E-state index contributed by atoms with van der Waals surface area (Å²) in [4.78, 5) is 13.2. The second kappa shape index (κ2) is 9.86. The Morgan fingerprint density at radius 1 is 1.25 bits per heavy atom. The quantitative estimate of drug-likeness (QED) is 0.433. The van der Waals surface area contributed by atoms with Gasteiger partial charge in [0.25, 0.3) is 0 Å². The van der Waals surface area contributed by atoms with Crippen molar-refractivity contribution >= 4 is 23.0 Å². The molecule has 1 saturated heterocycles. The summed E-state index contributed by atoms with van der Waals surface area (Å²) in [6, 6.07) is 4.32. The van der Waals surface area contributed by atoms with Gasteiger partial charge >= 0.3 is 0 Å². The number of rotatable bonds is 8. The molecule has 1 fully saturated rings. The molecule has 0 aromatic carbocycles. The highest BCUT2D eigenvalue weighted by Crippen LogP contribution is 2.18. The van der Waals surface area contributed by atoms with Crippen LogP contribution in [-0.2, 0) is 11.3 Å². The molecule has 28 heavy (non-hydrogen) atoms. The molecule has 9 nitrogen and oxygen atoms in total. The molecule has 150 valence electrons. The number of pyridine rings is 1. The van der Waals surface area contributed by atoms with Crippen molar-refractivity contribution in [1.29, 1.82) is 0 Å². The molecule has 0 radical (unpaired) electrons. The molecule has 6 N–H and O–H groups in total. The van der Waals surface area contributed by atoms with Gasteiger partial charge in [0.1, 0.15) is 5.82 Å². The molecule has 2 aromatic rings. The Morgan fingerprint density at radius 3 is 2.79 bits per heavy atom. The lowest BCUT2D eigenvalue weighted by molar-refractivity contribution is 0.0812. The van der Waals surface area contributed by atoms with E-state index < -0.39 is 0 Å². The number of hydrogen-bond donors (Lipinski definition) is 5. The minimum atomic E-state index is 0.371. The van der Waals surface area contributed by atoms with Crippen LogP contribution in [0, 0.1) is 0 Å². The van der Waals surface area contributed by atoms with Crippen molar-refractivity contribution < 1.29 is 4.74 Å². The van der Waals surface area contributed by atoms with Gasteiger partial charge in [0, 0.05) is 45.2 Å². The monoisotopic (exact) mass is 384 g/mol. The average molecular weight is 384 g/mol. The first-order chi connectivity index (χ1) is 13.7. The standard InChI is InChI=1S/C19H28N8O/c1-13(9-22-15-5-7-28-8-6-15)16-12-24-18(20)19(26-16)25-11-14-3-4-17(23-10-14)27-21-2/h3-4,9-10,12,15,21-22H,5-8,11H2,1-2H3,(H2,20,24)(H,23,27)(H,25,26)/b13-9+. The molecule has 2 aromatic heterocycles. The summed E-state index contributed by atoms with van der Waals surface area (Å²) in [6.07, 6.45) is 7.51. The van der Waals surface area contributed by atoms with E-state index in [2.05, 4.69) is 36.4 Å². The number of nitrogens with zero attached hydrogens (tertiary/aromatic N) is 3. The lowest BCUT2D eigenvalue weighted by Gasteiger charge is -2.22. The Labute approximate surface area is 165 Å². The zero-order chi connectivity index (χ0) is 19.8. The lowest BCUT2D eigenvalue weighted by atomic mass is 10.1. The maximum absolute atomic E-state index is 5.99. The second-order valence-corrected chi connectivity index (χ2v) is 6.65. The lowest BCUT2D eigenvalue weighted by Crippen LogP contribution is -2.31. The van der Waals surface area contributed by atoms with Gasteiger partial charge in [-0.15, -0.1) is 0 Å². The van der Waals surface area contributed by atoms with Gasteiger partial charge < -0.3 is 26.5 Å². The van der Waals surface area contributed by atoms with Crippen LogP contribution in [0.3, 0.4) is 0 Å². The first kappa shape index (κ1) is 19.8. The fourth-order valence-corrected chi connectivity index (χ4v) is 2.82. The van der Waals surface area contributed by atoms with Crippen LogP contribution in [0.15, 0.2) is 30.7 Å². The first-order valence-electron chi connectivity index (χ1n) is 9.40. The minimum Gasteiger partial charge on any atom is -0.388 e. The summed E-state index contributed by atoms with van der Waals surface area (Å²) in [5.41, 5.74) is 14.6. The van der Waals surface area contributed by atoms with E-state index in [1.807, 2.05) is 25.3 Å². The number of ether oxygens (including phenoxy) is 1. The molecule has 1 aliphatic rings. The minimum absolute atomic E-state index is 0.371. The summed E-state index contributed by atoms with van der Waals surface area (Å²) in [7, 11) is 1.79. The van der Waals surface area contributed by atoms with Crippen LogP contribution in [-0.4, -0.2) is 41.3 Å². The van der Waals surface area contributed by atoms with Gasteiger partial charge in [-0.3, -0.25) is 0 Å². The van der Waals surface area contributed by atoms with Gasteiger partial charge in [0.05, 0.1) is 11.9 Å². The van der Waals surface area contributed by atoms with Gasteiger partial charge in [-0.25, -0.2) is 20.4 Å². The third-order valence-corrected chi connectivity index (χ3v) is 4.50. The smallest absolute Gasteiger partial charge is 0.169 e. The van der Waals surface area contributed by atoms with E-state index in [0.29, 0.717) is 24.2 Å². The molecule has 3 heterocycles. The van der Waals surface area contributed by atoms with Crippen molar-refractivity contribution in [2.45, 2.75) is 32.4 Å². The van der Waals surface area contributed by atoms with Gasteiger partial charge in [0.2, 0.25) is 0 Å². The van der Waals surface area contributed by atoms with Crippen molar-refractivity contribution in [3.8, 4) is 0 Å². The Kier molecular flexibility index (Phi) is 6.99. The van der Waals surface area contributed by atoms with Crippen LogP contribution in [0.5, 0.6) is 0 Å². The molecule has 0 bridgehead atoms. The van der Waals surface area contributed by atoms with Crippen LogP contribution in [0.1, 0.15) is 31.0 Å². The summed E-state index contributed by atoms with van der Waals surface area (Å²) >= 11 is 0. The molecule has 9 heteroatoms. The maximum atomic E-state index is 5.99. The Bertz CT molecular complexity index is 787. The predicted molar refractivity (Wildman–Crippen MR) is 111 cm³/mol. The predicted octanol–water partition coefficient (Wildman–Crippen LogP) is 1.74. The highest BCUT2D eigenvalue weighted by molar-refractivity contribution is 5.65. The zero-order valence-electron chi connectivity index (χ0n) is 16.3. The molecule has 0 aliphatic carbocycles. The largest absolute Gasteiger partial charge is 0.388 e. The number of anilines is 3. The number of allylic oxidation sites excluding steroid dienone is 1. The maximum Gasteiger partial charge on any atom is 0.169 e. The summed E-state index contributed by atoms with van der Waals surface area (Å²) in [5.74, 6) is 1.69. The van der Waals surface area contributed by atoms with E-state index in [9.17, 15) is 0 Å². The number of nitrogens with two attached hydrogens (primary N) is 1. The van der Waals surface area contributed by atoms with E-state index in [1.54, 1.807) is 19.4 Å². The molecule has 1 aliphatic heterocycles. The third-order valence-electron chi connectivity index (χ3n) is 4.50. The van der Waals surface area contributed by atoms with Crippen molar-refractivity contribution in [3.63, 3.8) is 0 Å². The number of nitrogen functional groups attached to an aromatic ring is 1. The normalized spacial score (nSPS) is 15.3. The molecule has 0 amide bonds. The second-order valence-electron chi connectivity index (χ2n) is 6.65. The molecule has 0 saturated carbocycles. The molecular weight excluding hydrogens is 356 g/mol.